The molecule has 1 aliphatic rings. The van der Waals surface area contributed by atoms with E-state index in [1.807, 2.05) is 12.1 Å². The molecule has 0 aromatic heterocycles. The number of halogens is 3. The second kappa shape index (κ2) is 7.79. The van der Waals surface area contributed by atoms with Crippen molar-refractivity contribution < 1.29 is 32.2 Å². The fourth-order valence-electron chi connectivity index (χ4n) is 3.15. The Bertz CT molecular complexity index is 885. The van der Waals surface area contributed by atoms with Crippen LogP contribution in [0.2, 0.25) is 0 Å². The highest BCUT2D eigenvalue weighted by Crippen LogP contribution is 2.34. The standard InChI is InChI=1S/C19H17F3N2O4/c1-27-18(26)24-11-10-12-6-2-3-7-13(12)16(24)17(25)23-14-8-4-5-9-15(14)28-19(20,21)22/h2-9,16H,10-11H2,1H3,(H,23,25). The van der Waals surface area contributed by atoms with Gasteiger partial charge in [0, 0.05) is 6.54 Å². The predicted octanol–water partition coefficient (Wildman–Crippen LogP) is 3.89. The number of fused-ring (bicyclic) bond motifs is 1. The van der Waals surface area contributed by atoms with E-state index in [0.717, 1.165) is 11.6 Å². The normalized spacial score (nSPS) is 16.1. The SMILES string of the molecule is COC(=O)N1CCc2ccccc2C1C(=O)Nc1ccccc1OC(F)(F)F. The molecular formula is C19H17F3N2O4. The van der Waals surface area contributed by atoms with Crippen LogP contribution in [0.1, 0.15) is 17.2 Å². The first kappa shape index (κ1) is 19.5. The van der Waals surface area contributed by atoms with E-state index in [0.29, 0.717) is 12.0 Å². The molecule has 1 unspecified atom stereocenters. The van der Waals surface area contributed by atoms with Crippen LogP contribution in [-0.2, 0) is 16.0 Å². The van der Waals surface area contributed by atoms with Gasteiger partial charge < -0.3 is 14.8 Å². The Morgan fingerprint density at radius 2 is 1.79 bits per heavy atom. The van der Waals surface area contributed by atoms with Crippen molar-refractivity contribution in [2.24, 2.45) is 0 Å². The van der Waals surface area contributed by atoms with Crippen molar-refractivity contribution in [1.82, 2.24) is 4.90 Å². The quantitative estimate of drug-likeness (QED) is 0.858. The first-order chi connectivity index (χ1) is 13.3. The molecule has 2 amide bonds. The van der Waals surface area contributed by atoms with Gasteiger partial charge >= 0.3 is 12.5 Å². The molecule has 0 saturated carbocycles. The highest BCUT2D eigenvalue weighted by atomic mass is 19.4. The smallest absolute Gasteiger partial charge is 0.453 e. The van der Waals surface area contributed by atoms with Crippen LogP contribution >= 0.6 is 0 Å². The minimum absolute atomic E-state index is 0.155. The Hall–Kier alpha value is -3.23. The maximum absolute atomic E-state index is 13.0. The first-order valence-electron chi connectivity index (χ1n) is 8.38. The fraction of sp³-hybridized carbons (Fsp3) is 0.263. The fourth-order valence-corrected chi connectivity index (χ4v) is 3.15. The molecule has 0 spiro atoms. The predicted molar refractivity (Wildman–Crippen MR) is 93.8 cm³/mol. The molecule has 1 heterocycles. The number of benzene rings is 2. The lowest BCUT2D eigenvalue weighted by Gasteiger charge is -2.35. The molecule has 2 aromatic carbocycles. The molecule has 1 atom stereocenters. The van der Waals surface area contributed by atoms with Gasteiger partial charge in [-0.25, -0.2) is 4.79 Å². The lowest BCUT2D eigenvalue weighted by Crippen LogP contribution is -2.45. The van der Waals surface area contributed by atoms with Crippen molar-refractivity contribution >= 4 is 17.7 Å². The number of methoxy groups -OCH3 is 1. The Labute approximate surface area is 158 Å². The highest BCUT2D eigenvalue weighted by molar-refractivity contribution is 5.98. The van der Waals surface area contributed by atoms with Gasteiger partial charge in [0.05, 0.1) is 12.8 Å². The van der Waals surface area contributed by atoms with Crippen LogP contribution in [0.5, 0.6) is 5.75 Å². The van der Waals surface area contributed by atoms with Crippen LogP contribution in [0, 0.1) is 0 Å². The van der Waals surface area contributed by atoms with E-state index >= 15 is 0 Å². The van der Waals surface area contributed by atoms with E-state index in [2.05, 4.69) is 10.1 Å². The van der Waals surface area contributed by atoms with E-state index in [1.54, 1.807) is 12.1 Å². The molecule has 1 N–H and O–H groups in total. The van der Waals surface area contributed by atoms with Gasteiger partial charge in [0.25, 0.3) is 5.91 Å². The molecule has 0 bridgehead atoms. The maximum Gasteiger partial charge on any atom is 0.573 e. The van der Waals surface area contributed by atoms with Gasteiger partial charge in [0.1, 0.15) is 6.04 Å². The summed E-state index contributed by atoms with van der Waals surface area (Å²) in [6.45, 7) is 0.239. The van der Waals surface area contributed by atoms with Gasteiger partial charge in [-0.15, -0.1) is 13.2 Å². The molecule has 148 valence electrons. The number of anilines is 1. The lowest BCUT2D eigenvalue weighted by atomic mass is 9.92. The van der Waals surface area contributed by atoms with E-state index in [1.165, 1.54) is 30.2 Å². The average molecular weight is 394 g/mol. The van der Waals surface area contributed by atoms with Crippen LogP contribution in [0.4, 0.5) is 23.7 Å². The Kier molecular flexibility index (Phi) is 5.43. The van der Waals surface area contributed by atoms with Crippen LogP contribution < -0.4 is 10.1 Å². The summed E-state index contributed by atoms with van der Waals surface area (Å²) in [5.74, 6) is -1.21. The molecule has 0 saturated heterocycles. The minimum atomic E-state index is -4.91. The van der Waals surface area contributed by atoms with Gasteiger partial charge in [-0.1, -0.05) is 36.4 Å². The number of hydrogen-bond acceptors (Lipinski definition) is 4. The molecule has 0 fully saturated rings. The number of para-hydroxylation sites is 2. The van der Waals surface area contributed by atoms with Gasteiger partial charge in [-0.05, 0) is 29.7 Å². The molecule has 1 aliphatic heterocycles. The van der Waals surface area contributed by atoms with Crippen molar-refractivity contribution in [2.75, 3.05) is 19.0 Å². The second-order valence-corrected chi connectivity index (χ2v) is 6.05. The number of alkyl halides is 3. The summed E-state index contributed by atoms with van der Waals surface area (Å²) in [5.41, 5.74) is 1.31. The van der Waals surface area contributed by atoms with Gasteiger partial charge in [0.15, 0.2) is 5.75 Å². The van der Waals surface area contributed by atoms with Crippen molar-refractivity contribution in [2.45, 2.75) is 18.8 Å². The van der Waals surface area contributed by atoms with Crippen LogP contribution in [0.3, 0.4) is 0 Å². The summed E-state index contributed by atoms with van der Waals surface area (Å²) in [6.07, 6.45) is -5.08. The Morgan fingerprint density at radius 1 is 1.11 bits per heavy atom. The van der Waals surface area contributed by atoms with Crippen molar-refractivity contribution in [3.63, 3.8) is 0 Å². The van der Waals surface area contributed by atoms with Crippen LogP contribution in [0.25, 0.3) is 0 Å². The van der Waals surface area contributed by atoms with Crippen LogP contribution in [0.15, 0.2) is 48.5 Å². The van der Waals surface area contributed by atoms with E-state index in [9.17, 15) is 22.8 Å². The van der Waals surface area contributed by atoms with Crippen molar-refractivity contribution in [1.29, 1.82) is 0 Å². The monoisotopic (exact) mass is 394 g/mol. The lowest BCUT2D eigenvalue weighted by molar-refractivity contribution is -0.274. The third-order valence-corrected chi connectivity index (χ3v) is 4.31. The average Bonchev–Trinajstić information content (AvgIpc) is 2.66. The third-order valence-electron chi connectivity index (χ3n) is 4.31. The molecule has 6 nitrogen and oxygen atoms in total. The molecular weight excluding hydrogens is 377 g/mol. The molecule has 28 heavy (non-hydrogen) atoms. The Balaban J connectivity index is 1.93. The number of nitrogens with one attached hydrogen (secondary N) is 1. The van der Waals surface area contributed by atoms with Gasteiger partial charge in [-0.3, -0.25) is 9.69 Å². The summed E-state index contributed by atoms with van der Waals surface area (Å²) in [6, 6.07) is 11.2. The number of ether oxygens (including phenoxy) is 2. The minimum Gasteiger partial charge on any atom is -0.453 e. The van der Waals surface area contributed by atoms with Crippen LogP contribution in [-0.4, -0.2) is 36.9 Å². The largest absolute Gasteiger partial charge is 0.573 e. The maximum atomic E-state index is 13.0. The Morgan fingerprint density at radius 3 is 2.50 bits per heavy atom. The van der Waals surface area contributed by atoms with Crippen molar-refractivity contribution in [3.8, 4) is 5.75 Å². The molecule has 0 aliphatic carbocycles. The number of carbonyl (C=O) groups excluding carboxylic acids is 2. The highest BCUT2D eigenvalue weighted by Gasteiger charge is 2.37. The summed E-state index contributed by atoms with van der Waals surface area (Å²) in [4.78, 5) is 26.4. The summed E-state index contributed by atoms with van der Waals surface area (Å²) < 4.78 is 46.6. The molecule has 9 heteroatoms. The molecule has 0 radical (unpaired) electrons. The summed E-state index contributed by atoms with van der Waals surface area (Å²) in [5, 5.41) is 2.44. The number of hydrogen-bond donors (Lipinski definition) is 1. The van der Waals surface area contributed by atoms with Gasteiger partial charge in [0.2, 0.25) is 0 Å². The van der Waals surface area contributed by atoms with E-state index in [-0.39, 0.29) is 12.2 Å². The zero-order valence-electron chi connectivity index (χ0n) is 14.8. The summed E-state index contributed by atoms with van der Waals surface area (Å²) >= 11 is 0. The molecule has 3 rings (SSSR count). The second-order valence-electron chi connectivity index (χ2n) is 6.05. The topological polar surface area (TPSA) is 67.9 Å². The van der Waals surface area contributed by atoms with E-state index in [4.69, 9.17) is 4.74 Å². The molecule has 2 aromatic rings. The zero-order valence-corrected chi connectivity index (χ0v) is 14.8. The van der Waals surface area contributed by atoms with E-state index < -0.39 is 30.2 Å². The number of nitrogens with zero attached hydrogens (tertiary/aromatic N) is 1. The number of carbonyl (C=O) groups is 2. The number of amides is 2. The number of rotatable bonds is 3. The van der Waals surface area contributed by atoms with Crippen molar-refractivity contribution in [3.05, 3.63) is 59.7 Å². The zero-order chi connectivity index (χ0) is 20.3. The van der Waals surface area contributed by atoms with Gasteiger partial charge in [-0.2, -0.15) is 0 Å². The third kappa shape index (κ3) is 4.19. The summed E-state index contributed by atoms with van der Waals surface area (Å²) in [7, 11) is 1.20. The first-order valence-corrected chi connectivity index (χ1v) is 8.38.